The summed E-state index contributed by atoms with van der Waals surface area (Å²) in [5.74, 6) is -0.162. The van der Waals surface area contributed by atoms with Crippen LogP contribution in [0.5, 0.6) is 5.75 Å². The molecule has 0 aromatic heterocycles. The zero-order chi connectivity index (χ0) is 22.4. The van der Waals surface area contributed by atoms with Gasteiger partial charge in [0.15, 0.2) is 0 Å². The number of hydrogen-bond acceptors (Lipinski definition) is 5. The maximum Gasteiger partial charge on any atom is 0.240 e. The van der Waals surface area contributed by atoms with E-state index in [2.05, 4.69) is 10.0 Å². The van der Waals surface area contributed by atoms with Gasteiger partial charge in [-0.1, -0.05) is 6.92 Å². The third kappa shape index (κ3) is 5.62. The van der Waals surface area contributed by atoms with Crippen LogP contribution in [0.15, 0.2) is 53.4 Å². The average molecular weight is 446 g/mol. The lowest BCUT2D eigenvalue weighted by Gasteiger charge is -2.17. The van der Waals surface area contributed by atoms with Crippen molar-refractivity contribution in [2.45, 2.75) is 31.6 Å². The highest BCUT2D eigenvalue weighted by Crippen LogP contribution is 2.28. The second kappa shape index (κ2) is 9.93. The lowest BCUT2D eigenvalue weighted by Crippen LogP contribution is -2.28. The summed E-state index contributed by atoms with van der Waals surface area (Å²) in [6.45, 7) is 4.99. The predicted octanol–water partition coefficient (Wildman–Crippen LogP) is 2.77. The molecule has 1 heterocycles. The number of benzene rings is 2. The number of anilines is 2. The molecule has 1 unspecified atom stereocenters. The van der Waals surface area contributed by atoms with Crippen LogP contribution < -0.4 is 19.7 Å². The van der Waals surface area contributed by atoms with E-state index in [0.717, 1.165) is 11.4 Å². The van der Waals surface area contributed by atoms with Crippen molar-refractivity contribution in [2.24, 2.45) is 5.92 Å². The Bertz CT molecular complexity index is 1020. The van der Waals surface area contributed by atoms with Gasteiger partial charge in [-0.2, -0.15) is 0 Å². The molecule has 0 spiro atoms. The van der Waals surface area contributed by atoms with Crippen molar-refractivity contribution < 1.29 is 22.7 Å². The number of amides is 2. The highest BCUT2D eigenvalue weighted by atomic mass is 32.2. The first-order chi connectivity index (χ1) is 14.8. The number of hydrogen-bond donors (Lipinski definition) is 2. The Balaban J connectivity index is 1.61. The van der Waals surface area contributed by atoms with Gasteiger partial charge in [-0.25, -0.2) is 13.1 Å². The Kier molecular flexibility index (Phi) is 7.29. The highest BCUT2D eigenvalue weighted by Gasteiger charge is 2.35. The van der Waals surface area contributed by atoms with Gasteiger partial charge in [0.05, 0.1) is 17.4 Å². The Hall–Kier alpha value is -2.91. The fourth-order valence-electron chi connectivity index (χ4n) is 3.30. The van der Waals surface area contributed by atoms with Crippen molar-refractivity contribution >= 4 is 33.2 Å². The van der Waals surface area contributed by atoms with E-state index in [-0.39, 0.29) is 29.7 Å². The smallest absolute Gasteiger partial charge is 0.240 e. The van der Waals surface area contributed by atoms with Crippen molar-refractivity contribution in [3.05, 3.63) is 48.5 Å². The summed E-state index contributed by atoms with van der Waals surface area (Å²) in [7, 11) is -3.56. The van der Waals surface area contributed by atoms with Gasteiger partial charge < -0.3 is 15.0 Å². The Morgan fingerprint density at radius 2 is 1.77 bits per heavy atom. The molecule has 2 amide bonds. The summed E-state index contributed by atoms with van der Waals surface area (Å²) in [5.41, 5.74) is 1.20. The van der Waals surface area contributed by atoms with Crippen LogP contribution in [0.3, 0.4) is 0 Å². The van der Waals surface area contributed by atoms with E-state index in [1.807, 2.05) is 13.8 Å². The molecule has 1 fully saturated rings. The topological polar surface area (TPSA) is 105 Å². The van der Waals surface area contributed by atoms with Crippen molar-refractivity contribution in [1.82, 2.24) is 4.72 Å². The molecule has 31 heavy (non-hydrogen) atoms. The summed E-state index contributed by atoms with van der Waals surface area (Å²) in [6.07, 6.45) is 0.813. The number of ether oxygens (including phenoxy) is 1. The summed E-state index contributed by atoms with van der Waals surface area (Å²) < 4.78 is 32.2. The van der Waals surface area contributed by atoms with Crippen LogP contribution in [0.25, 0.3) is 0 Å². The molecule has 1 atom stereocenters. The minimum atomic E-state index is -3.56. The molecule has 9 heteroatoms. The summed E-state index contributed by atoms with van der Waals surface area (Å²) in [4.78, 5) is 26.8. The second-order valence-corrected chi connectivity index (χ2v) is 9.01. The van der Waals surface area contributed by atoms with Crippen molar-refractivity contribution in [2.75, 3.05) is 29.9 Å². The van der Waals surface area contributed by atoms with Crippen molar-refractivity contribution in [1.29, 1.82) is 0 Å². The molecule has 1 saturated heterocycles. The molecule has 2 aromatic carbocycles. The van der Waals surface area contributed by atoms with Crippen molar-refractivity contribution in [3.8, 4) is 5.75 Å². The average Bonchev–Trinajstić information content (AvgIpc) is 3.15. The highest BCUT2D eigenvalue weighted by molar-refractivity contribution is 7.89. The minimum absolute atomic E-state index is 0.118. The van der Waals surface area contributed by atoms with E-state index in [0.29, 0.717) is 25.3 Å². The molecule has 1 aliphatic heterocycles. The van der Waals surface area contributed by atoms with Crippen LogP contribution in [-0.2, 0) is 19.6 Å². The lowest BCUT2D eigenvalue weighted by molar-refractivity contribution is -0.122. The van der Waals surface area contributed by atoms with Gasteiger partial charge in [-0.3, -0.25) is 9.59 Å². The van der Waals surface area contributed by atoms with Gasteiger partial charge in [-0.15, -0.1) is 0 Å². The van der Waals surface area contributed by atoms with Gasteiger partial charge in [-0.05, 0) is 61.9 Å². The van der Waals surface area contributed by atoms with E-state index >= 15 is 0 Å². The van der Waals surface area contributed by atoms with Gasteiger partial charge in [0.1, 0.15) is 5.75 Å². The molecule has 2 N–H and O–H groups in total. The van der Waals surface area contributed by atoms with Crippen LogP contribution in [0.1, 0.15) is 26.7 Å². The normalized spacial score (nSPS) is 16.4. The molecule has 1 aliphatic rings. The standard InChI is InChI=1S/C22H27N3O5S/c1-3-13-23-31(28,29)20-11-5-17(6-12-20)24-22(27)16-14-21(26)25(15-16)18-7-9-19(10-8-18)30-4-2/h5-12,16,23H,3-4,13-15H2,1-2H3,(H,24,27). The van der Waals surface area contributed by atoms with Gasteiger partial charge >= 0.3 is 0 Å². The first-order valence-corrected chi connectivity index (χ1v) is 11.8. The van der Waals surface area contributed by atoms with E-state index in [1.54, 1.807) is 41.3 Å². The quantitative estimate of drug-likeness (QED) is 0.618. The second-order valence-electron chi connectivity index (χ2n) is 7.24. The largest absolute Gasteiger partial charge is 0.494 e. The molecule has 0 aliphatic carbocycles. The monoisotopic (exact) mass is 445 g/mol. The maximum absolute atomic E-state index is 12.7. The number of carbonyl (C=O) groups is 2. The molecule has 0 radical (unpaired) electrons. The van der Waals surface area contributed by atoms with Crippen molar-refractivity contribution in [3.63, 3.8) is 0 Å². The molecule has 0 saturated carbocycles. The first kappa shape index (κ1) is 22.8. The summed E-state index contributed by atoms with van der Waals surface area (Å²) >= 11 is 0. The fraction of sp³-hybridized carbons (Fsp3) is 0.364. The molecule has 3 rings (SSSR count). The number of nitrogens with one attached hydrogen (secondary N) is 2. The first-order valence-electron chi connectivity index (χ1n) is 10.3. The molecular formula is C22H27N3O5S. The molecule has 166 valence electrons. The number of nitrogens with zero attached hydrogens (tertiary/aromatic N) is 1. The number of sulfonamides is 1. The maximum atomic E-state index is 12.7. The van der Waals surface area contributed by atoms with Crippen LogP contribution in [-0.4, -0.2) is 39.9 Å². The molecule has 8 nitrogen and oxygen atoms in total. The van der Waals surface area contributed by atoms with Gasteiger partial charge in [0, 0.05) is 30.9 Å². The molecule has 2 aromatic rings. The Morgan fingerprint density at radius 3 is 2.39 bits per heavy atom. The van der Waals surface area contributed by atoms with Crippen LogP contribution in [0, 0.1) is 5.92 Å². The predicted molar refractivity (Wildman–Crippen MR) is 119 cm³/mol. The third-order valence-corrected chi connectivity index (χ3v) is 6.41. The zero-order valence-corrected chi connectivity index (χ0v) is 18.4. The minimum Gasteiger partial charge on any atom is -0.494 e. The fourth-order valence-corrected chi connectivity index (χ4v) is 4.44. The molecular weight excluding hydrogens is 418 g/mol. The zero-order valence-electron chi connectivity index (χ0n) is 17.6. The van der Waals surface area contributed by atoms with Gasteiger partial charge in [0.25, 0.3) is 0 Å². The van der Waals surface area contributed by atoms with E-state index in [4.69, 9.17) is 4.74 Å². The van der Waals surface area contributed by atoms with Crippen LogP contribution in [0.2, 0.25) is 0 Å². The third-order valence-electron chi connectivity index (χ3n) is 4.93. The van der Waals surface area contributed by atoms with Crippen LogP contribution >= 0.6 is 0 Å². The van der Waals surface area contributed by atoms with E-state index in [1.165, 1.54) is 12.1 Å². The Morgan fingerprint density at radius 1 is 1.10 bits per heavy atom. The summed E-state index contributed by atoms with van der Waals surface area (Å²) in [6, 6.07) is 13.2. The van der Waals surface area contributed by atoms with E-state index in [9.17, 15) is 18.0 Å². The molecule has 0 bridgehead atoms. The SMILES string of the molecule is CCCNS(=O)(=O)c1ccc(NC(=O)C2CC(=O)N(c3ccc(OCC)cc3)C2)cc1. The van der Waals surface area contributed by atoms with E-state index < -0.39 is 15.9 Å². The van der Waals surface area contributed by atoms with Crippen LogP contribution in [0.4, 0.5) is 11.4 Å². The summed E-state index contributed by atoms with van der Waals surface area (Å²) in [5, 5.41) is 2.77. The lowest BCUT2D eigenvalue weighted by atomic mass is 10.1. The number of rotatable bonds is 9. The van der Waals surface area contributed by atoms with Gasteiger partial charge in [0.2, 0.25) is 21.8 Å². The number of carbonyl (C=O) groups excluding carboxylic acids is 2. The Labute approximate surface area is 182 Å².